The summed E-state index contributed by atoms with van der Waals surface area (Å²) in [5.41, 5.74) is 5.96. The first-order valence-corrected chi connectivity index (χ1v) is 11.0. The molecular formula is C25H30N4O2. The van der Waals surface area contributed by atoms with Gasteiger partial charge in [-0.25, -0.2) is 4.98 Å². The van der Waals surface area contributed by atoms with Gasteiger partial charge in [0.1, 0.15) is 11.4 Å². The summed E-state index contributed by atoms with van der Waals surface area (Å²) in [7, 11) is 0. The van der Waals surface area contributed by atoms with Gasteiger partial charge in [-0.2, -0.15) is 0 Å². The van der Waals surface area contributed by atoms with E-state index in [0.29, 0.717) is 23.3 Å². The molecule has 1 aliphatic rings. The van der Waals surface area contributed by atoms with Gasteiger partial charge in [0.25, 0.3) is 0 Å². The van der Waals surface area contributed by atoms with Crippen LogP contribution in [0.3, 0.4) is 0 Å². The highest BCUT2D eigenvalue weighted by Gasteiger charge is 2.17. The van der Waals surface area contributed by atoms with Gasteiger partial charge >= 0.3 is 0 Å². The molecule has 0 atom stereocenters. The Balaban J connectivity index is 1.75. The second-order valence-corrected chi connectivity index (χ2v) is 8.07. The van der Waals surface area contributed by atoms with E-state index < -0.39 is 0 Å². The zero-order valence-corrected chi connectivity index (χ0v) is 18.5. The van der Waals surface area contributed by atoms with Crippen LogP contribution in [0.25, 0.3) is 17.3 Å². The molecule has 1 saturated heterocycles. The number of benzene rings is 1. The van der Waals surface area contributed by atoms with E-state index in [1.165, 1.54) is 0 Å². The molecule has 0 bridgehead atoms. The van der Waals surface area contributed by atoms with Crippen LogP contribution in [0.5, 0.6) is 5.75 Å². The number of nitrogens with one attached hydrogen (secondary N) is 1. The maximum atomic E-state index is 12.8. The fraction of sp³-hybridized carbons (Fsp3) is 0.360. The van der Waals surface area contributed by atoms with Crippen LogP contribution in [0.15, 0.2) is 36.7 Å². The van der Waals surface area contributed by atoms with E-state index in [2.05, 4.69) is 30.1 Å². The van der Waals surface area contributed by atoms with Crippen LogP contribution >= 0.6 is 0 Å². The number of aromatic nitrogens is 2. The quantitative estimate of drug-likeness (QED) is 0.595. The molecule has 2 aromatic heterocycles. The van der Waals surface area contributed by atoms with Crippen LogP contribution in [0.1, 0.15) is 42.7 Å². The average Bonchev–Trinajstić information content (AvgIpc) is 3.21. The topological polar surface area (TPSA) is 69.9 Å². The molecule has 0 amide bonds. The van der Waals surface area contributed by atoms with Gasteiger partial charge in [0.2, 0.25) is 0 Å². The van der Waals surface area contributed by atoms with Crippen LogP contribution in [-0.4, -0.2) is 46.5 Å². The van der Waals surface area contributed by atoms with Crippen molar-refractivity contribution in [3.63, 3.8) is 0 Å². The molecule has 1 fully saturated rings. The highest BCUT2D eigenvalue weighted by molar-refractivity contribution is 6.24. The number of rotatable bonds is 6. The van der Waals surface area contributed by atoms with Gasteiger partial charge < -0.3 is 19.7 Å². The maximum Gasteiger partial charge on any atom is 0.164 e. The van der Waals surface area contributed by atoms with Crippen molar-refractivity contribution in [2.75, 3.05) is 31.1 Å². The smallest absolute Gasteiger partial charge is 0.164 e. The number of carbonyl (C=O) groups excluding carboxylic acids is 1. The molecule has 162 valence electrons. The summed E-state index contributed by atoms with van der Waals surface area (Å²) in [6, 6.07) is 7.81. The number of allylic oxidation sites excluding steroid dienone is 1. The number of hydrogen-bond acceptors (Lipinski definition) is 5. The Labute approximate surface area is 183 Å². The molecule has 0 aliphatic carbocycles. The lowest BCUT2D eigenvalue weighted by atomic mass is 10.0. The number of phenols is 1. The number of pyridine rings is 1. The molecule has 2 N–H and O–H groups in total. The fourth-order valence-corrected chi connectivity index (χ4v) is 4.13. The first-order chi connectivity index (χ1) is 15.0. The minimum absolute atomic E-state index is 0.00348. The minimum atomic E-state index is 0.00348. The number of nitrogens with zero attached hydrogens (tertiary/aromatic N) is 3. The summed E-state index contributed by atoms with van der Waals surface area (Å²) in [5, 5.41) is 14.0. The molecule has 1 aliphatic heterocycles. The standard InChI is InChI=1S/C25H30N4O2/c1-4-18-12-17(3)15-29-16-22(27-25(18)29)21(23(30)5-2)13-19-6-7-20(14-24(19)31)28-10-8-26-9-11-28/h6-7,12-16,26,31H,4-5,8-11H2,1-3H3. The van der Waals surface area contributed by atoms with E-state index in [4.69, 9.17) is 4.98 Å². The first kappa shape index (κ1) is 21.1. The molecule has 0 spiro atoms. The highest BCUT2D eigenvalue weighted by Crippen LogP contribution is 2.30. The normalized spacial score (nSPS) is 14.9. The van der Waals surface area contributed by atoms with Crippen LogP contribution in [0.4, 0.5) is 5.69 Å². The zero-order chi connectivity index (χ0) is 22.0. The van der Waals surface area contributed by atoms with Gasteiger partial charge in [-0.1, -0.05) is 19.9 Å². The van der Waals surface area contributed by atoms with Crippen molar-refractivity contribution in [3.05, 3.63) is 59.0 Å². The van der Waals surface area contributed by atoms with E-state index in [1.807, 2.05) is 35.9 Å². The van der Waals surface area contributed by atoms with E-state index in [-0.39, 0.29) is 11.5 Å². The number of imidazole rings is 1. The van der Waals surface area contributed by atoms with E-state index in [9.17, 15) is 9.90 Å². The van der Waals surface area contributed by atoms with Crippen molar-refractivity contribution >= 4 is 28.8 Å². The summed E-state index contributed by atoms with van der Waals surface area (Å²) in [6.07, 6.45) is 6.95. The Bertz CT molecular complexity index is 1140. The van der Waals surface area contributed by atoms with Crippen molar-refractivity contribution in [1.82, 2.24) is 14.7 Å². The van der Waals surface area contributed by atoms with Gasteiger partial charge in [-0.05, 0) is 42.7 Å². The summed E-state index contributed by atoms with van der Waals surface area (Å²) in [4.78, 5) is 19.9. The predicted octanol–water partition coefficient (Wildman–Crippen LogP) is 3.84. The van der Waals surface area contributed by atoms with Gasteiger partial charge in [-0.3, -0.25) is 4.79 Å². The van der Waals surface area contributed by atoms with Crippen LogP contribution in [0, 0.1) is 6.92 Å². The van der Waals surface area contributed by atoms with Gasteiger partial charge in [0, 0.05) is 67.9 Å². The van der Waals surface area contributed by atoms with Gasteiger partial charge in [-0.15, -0.1) is 0 Å². The third-order valence-corrected chi connectivity index (χ3v) is 5.84. The molecule has 0 saturated carbocycles. The largest absolute Gasteiger partial charge is 0.507 e. The Morgan fingerprint density at radius 2 is 1.97 bits per heavy atom. The average molecular weight is 419 g/mol. The van der Waals surface area contributed by atoms with E-state index >= 15 is 0 Å². The number of anilines is 1. The number of Topliss-reactive ketones (excluding diaryl/α,β-unsaturated/α-hetero) is 1. The number of phenolic OH excluding ortho intramolecular Hbond substituents is 1. The molecular weight excluding hydrogens is 388 g/mol. The SMILES string of the molecule is CCC(=O)C(=Cc1ccc(N2CCNCC2)cc1O)c1cn2cc(C)cc(CC)c2n1. The molecule has 0 radical (unpaired) electrons. The number of aromatic hydroxyl groups is 1. The van der Waals surface area contributed by atoms with Crippen molar-refractivity contribution in [1.29, 1.82) is 0 Å². The van der Waals surface area contributed by atoms with E-state index in [1.54, 1.807) is 12.1 Å². The second kappa shape index (κ2) is 8.94. The number of ketones is 1. The molecule has 3 heterocycles. The van der Waals surface area contributed by atoms with E-state index in [0.717, 1.165) is 55.1 Å². The van der Waals surface area contributed by atoms with Crippen LogP contribution in [-0.2, 0) is 11.2 Å². The van der Waals surface area contributed by atoms with Crippen molar-refractivity contribution in [2.45, 2.75) is 33.6 Å². The number of hydrogen-bond donors (Lipinski definition) is 2. The lowest BCUT2D eigenvalue weighted by Crippen LogP contribution is -2.43. The minimum Gasteiger partial charge on any atom is -0.507 e. The lowest BCUT2D eigenvalue weighted by molar-refractivity contribution is -0.113. The Hall–Kier alpha value is -3.12. The maximum absolute atomic E-state index is 12.8. The monoisotopic (exact) mass is 418 g/mol. The number of fused-ring (bicyclic) bond motifs is 1. The summed E-state index contributed by atoms with van der Waals surface area (Å²) in [6.45, 7) is 9.71. The predicted molar refractivity (Wildman–Crippen MR) is 126 cm³/mol. The second-order valence-electron chi connectivity index (χ2n) is 8.07. The third-order valence-electron chi connectivity index (χ3n) is 5.84. The van der Waals surface area contributed by atoms with Crippen molar-refractivity contribution in [2.24, 2.45) is 0 Å². The number of carbonyl (C=O) groups is 1. The number of piperazine rings is 1. The summed E-state index contributed by atoms with van der Waals surface area (Å²) in [5.74, 6) is 0.176. The van der Waals surface area contributed by atoms with Crippen molar-refractivity contribution < 1.29 is 9.90 Å². The van der Waals surface area contributed by atoms with Gasteiger partial charge in [0.05, 0.1) is 5.69 Å². The summed E-state index contributed by atoms with van der Waals surface area (Å²) < 4.78 is 1.99. The third kappa shape index (κ3) is 4.35. The zero-order valence-electron chi connectivity index (χ0n) is 18.5. The van der Waals surface area contributed by atoms with Crippen molar-refractivity contribution in [3.8, 4) is 5.75 Å². The molecule has 6 heteroatoms. The molecule has 0 unspecified atom stereocenters. The Morgan fingerprint density at radius 1 is 1.19 bits per heavy atom. The number of aryl methyl sites for hydroxylation is 2. The highest BCUT2D eigenvalue weighted by atomic mass is 16.3. The van der Waals surface area contributed by atoms with Gasteiger partial charge in [0.15, 0.2) is 5.78 Å². The molecule has 1 aromatic carbocycles. The Kier molecular flexibility index (Phi) is 6.09. The fourth-order valence-electron chi connectivity index (χ4n) is 4.13. The first-order valence-electron chi connectivity index (χ1n) is 11.0. The van der Waals surface area contributed by atoms with Crippen LogP contribution in [0.2, 0.25) is 0 Å². The molecule has 31 heavy (non-hydrogen) atoms. The summed E-state index contributed by atoms with van der Waals surface area (Å²) >= 11 is 0. The lowest BCUT2D eigenvalue weighted by Gasteiger charge is -2.29. The molecule has 6 nitrogen and oxygen atoms in total. The molecule has 3 aromatic rings. The molecule has 4 rings (SSSR count). The Morgan fingerprint density at radius 3 is 2.65 bits per heavy atom. The van der Waals surface area contributed by atoms with Crippen LogP contribution < -0.4 is 10.2 Å².